The van der Waals surface area contributed by atoms with Crippen LogP contribution in [0.25, 0.3) is 0 Å². The molecule has 3 aliphatic rings. The van der Waals surface area contributed by atoms with Crippen LogP contribution in [0.15, 0.2) is 35.0 Å². The van der Waals surface area contributed by atoms with Gasteiger partial charge in [0.15, 0.2) is 0 Å². The van der Waals surface area contributed by atoms with Crippen molar-refractivity contribution in [2.24, 2.45) is 17.8 Å². The second-order valence-electron chi connectivity index (χ2n) is 6.87. The smallest absolute Gasteiger partial charge is 0.226 e. The molecule has 21 heavy (non-hydrogen) atoms. The summed E-state index contributed by atoms with van der Waals surface area (Å²) in [4.78, 5) is 15.2. The van der Waals surface area contributed by atoms with Crippen molar-refractivity contribution in [1.82, 2.24) is 4.90 Å². The summed E-state index contributed by atoms with van der Waals surface area (Å²) in [5.74, 6) is 2.64. The largest absolute Gasteiger partial charge is 0.467 e. The van der Waals surface area contributed by atoms with Crippen molar-refractivity contribution in [3.05, 3.63) is 36.3 Å². The molecule has 3 atom stereocenters. The molecule has 2 saturated carbocycles. The summed E-state index contributed by atoms with van der Waals surface area (Å²) >= 11 is 0. The van der Waals surface area contributed by atoms with Crippen LogP contribution in [0.4, 0.5) is 0 Å². The van der Waals surface area contributed by atoms with Gasteiger partial charge in [-0.1, -0.05) is 25.0 Å². The number of carbonyl (C=O) groups excluding carboxylic acids is 1. The first kappa shape index (κ1) is 13.2. The fourth-order valence-corrected chi connectivity index (χ4v) is 4.45. The summed E-state index contributed by atoms with van der Waals surface area (Å²) in [6, 6.07) is 4.31. The maximum Gasteiger partial charge on any atom is 0.226 e. The zero-order valence-electron chi connectivity index (χ0n) is 12.4. The number of nitrogens with zero attached hydrogens (tertiary/aromatic N) is 1. The Kier molecular flexibility index (Phi) is 3.36. The minimum atomic E-state index is 0.218. The fraction of sp³-hybridized carbons (Fsp3) is 0.611. The van der Waals surface area contributed by atoms with E-state index >= 15 is 0 Å². The molecule has 1 aromatic rings. The third kappa shape index (κ3) is 2.43. The number of furan rings is 1. The zero-order valence-corrected chi connectivity index (χ0v) is 12.4. The van der Waals surface area contributed by atoms with Gasteiger partial charge < -0.3 is 9.32 Å². The molecule has 0 unspecified atom stereocenters. The molecule has 1 heterocycles. The average Bonchev–Trinajstić information content (AvgIpc) is 3.29. The lowest BCUT2D eigenvalue weighted by Gasteiger charge is -2.32. The highest BCUT2D eigenvalue weighted by Gasteiger charge is 2.43. The molecule has 3 aliphatic carbocycles. The van der Waals surface area contributed by atoms with Crippen LogP contribution in [-0.4, -0.2) is 16.8 Å². The summed E-state index contributed by atoms with van der Waals surface area (Å²) in [7, 11) is 0. The minimum Gasteiger partial charge on any atom is -0.467 e. The Balaban J connectivity index is 1.53. The van der Waals surface area contributed by atoms with Gasteiger partial charge in [0.05, 0.1) is 12.8 Å². The van der Waals surface area contributed by atoms with Crippen LogP contribution < -0.4 is 0 Å². The number of amides is 1. The van der Waals surface area contributed by atoms with Crippen LogP contribution >= 0.6 is 0 Å². The summed E-state index contributed by atoms with van der Waals surface area (Å²) in [5.41, 5.74) is 0. The lowest BCUT2D eigenvalue weighted by atomic mass is 9.91. The van der Waals surface area contributed by atoms with E-state index in [4.69, 9.17) is 4.42 Å². The summed E-state index contributed by atoms with van der Waals surface area (Å²) < 4.78 is 5.49. The number of carbonyl (C=O) groups is 1. The average molecular weight is 285 g/mol. The number of hydrogen-bond acceptors (Lipinski definition) is 2. The molecule has 3 heteroatoms. The van der Waals surface area contributed by atoms with Crippen LogP contribution in [0.5, 0.6) is 0 Å². The molecule has 0 N–H and O–H groups in total. The molecular weight excluding hydrogens is 262 g/mol. The van der Waals surface area contributed by atoms with E-state index in [9.17, 15) is 4.79 Å². The molecule has 0 aliphatic heterocycles. The maximum absolute atomic E-state index is 13.1. The minimum absolute atomic E-state index is 0.218. The van der Waals surface area contributed by atoms with Gasteiger partial charge in [-0.15, -0.1) is 0 Å². The Morgan fingerprint density at radius 2 is 2.10 bits per heavy atom. The van der Waals surface area contributed by atoms with Gasteiger partial charge in [0, 0.05) is 12.0 Å². The van der Waals surface area contributed by atoms with Crippen molar-refractivity contribution in [2.75, 3.05) is 0 Å². The van der Waals surface area contributed by atoms with Crippen molar-refractivity contribution >= 4 is 5.91 Å². The standard InChI is InChI=1S/C18H23NO2/c20-18(17-11-13-7-8-14(17)10-13)19(15-4-1-2-5-15)12-16-6-3-9-21-16/h3,6-9,13-15,17H,1-2,4-5,10-12H2/t13-,14-,17+/m0/s1. The number of fused-ring (bicyclic) bond motifs is 2. The molecular formula is C18H23NO2. The quantitative estimate of drug-likeness (QED) is 0.789. The van der Waals surface area contributed by atoms with Crippen molar-refractivity contribution in [3.63, 3.8) is 0 Å². The van der Waals surface area contributed by atoms with E-state index in [0.29, 0.717) is 30.3 Å². The zero-order chi connectivity index (χ0) is 14.2. The van der Waals surface area contributed by atoms with Crippen LogP contribution in [0.3, 0.4) is 0 Å². The van der Waals surface area contributed by atoms with Gasteiger partial charge in [0.2, 0.25) is 5.91 Å². The van der Waals surface area contributed by atoms with Crippen LogP contribution in [0, 0.1) is 17.8 Å². The van der Waals surface area contributed by atoms with E-state index in [1.54, 1.807) is 6.26 Å². The van der Waals surface area contributed by atoms with E-state index in [-0.39, 0.29) is 5.92 Å². The fourth-order valence-electron chi connectivity index (χ4n) is 4.45. The summed E-state index contributed by atoms with van der Waals surface area (Å²) in [5, 5.41) is 0. The van der Waals surface area contributed by atoms with Crippen molar-refractivity contribution in [2.45, 2.75) is 51.1 Å². The van der Waals surface area contributed by atoms with Gasteiger partial charge in [0.1, 0.15) is 5.76 Å². The predicted molar refractivity (Wildman–Crippen MR) is 80.4 cm³/mol. The molecule has 0 aromatic carbocycles. The van der Waals surface area contributed by atoms with E-state index < -0.39 is 0 Å². The van der Waals surface area contributed by atoms with Gasteiger partial charge in [0.25, 0.3) is 0 Å². The molecule has 2 bridgehead atoms. The van der Waals surface area contributed by atoms with Crippen LogP contribution in [-0.2, 0) is 11.3 Å². The van der Waals surface area contributed by atoms with Gasteiger partial charge in [-0.2, -0.15) is 0 Å². The molecule has 0 spiro atoms. The van der Waals surface area contributed by atoms with Gasteiger partial charge in [-0.05, 0) is 49.7 Å². The number of allylic oxidation sites excluding steroid dienone is 2. The maximum atomic E-state index is 13.1. The van der Waals surface area contributed by atoms with E-state index in [1.165, 1.54) is 19.3 Å². The SMILES string of the molecule is O=C([C@@H]1C[C@H]2C=C[C@H]1C2)N(Cc1ccco1)C1CCCC1. The second-order valence-corrected chi connectivity index (χ2v) is 6.87. The van der Waals surface area contributed by atoms with Crippen LogP contribution in [0.1, 0.15) is 44.3 Å². The molecule has 4 rings (SSSR count). The molecule has 112 valence electrons. The summed E-state index contributed by atoms with van der Waals surface area (Å²) in [6.45, 7) is 0.647. The third-order valence-corrected chi connectivity index (χ3v) is 5.55. The van der Waals surface area contributed by atoms with Gasteiger partial charge in [-0.25, -0.2) is 0 Å². The van der Waals surface area contributed by atoms with Crippen molar-refractivity contribution < 1.29 is 9.21 Å². The normalized spacial score (nSPS) is 31.1. The predicted octanol–water partition coefficient (Wildman–Crippen LogP) is 3.76. The Labute approximate surface area is 126 Å². The first-order valence-corrected chi connectivity index (χ1v) is 8.32. The Morgan fingerprint density at radius 3 is 2.71 bits per heavy atom. The van der Waals surface area contributed by atoms with Crippen LogP contribution in [0.2, 0.25) is 0 Å². The van der Waals surface area contributed by atoms with Crippen molar-refractivity contribution in [1.29, 1.82) is 0 Å². The van der Waals surface area contributed by atoms with E-state index in [1.807, 2.05) is 12.1 Å². The number of hydrogen-bond donors (Lipinski definition) is 0. The lowest BCUT2D eigenvalue weighted by molar-refractivity contribution is -0.139. The van der Waals surface area contributed by atoms with E-state index in [0.717, 1.165) is 25.0 Å². The summed E-state index contributed by atoms with van der Waals surface area (Å²) in [6.07, 6.45) is 13.3. The highest BCUT2D eigenvalue weighted by atomic mass is 16.3. The second kappa shape index (κ2) is 5.36. The Morgan fingerprint density at radius 1 is 1.24 bits per heavy atom. The lowest BCUT2D eigenvalue weighted by Crippen LogP contribution is -2.42. The molecule has 0 radical (unpaired) electrons. The highest BCUT2D eigenvalue weighted by Crippen LogP contribution is 2.45. The highest BCUT2D eigenvalue weighted by molar-refractivity contribution is 5.80. The third-order valence-electron chi connectivity index (χ3n) is 5.55. The first-order valence-electron chi connectivity index (χ1n) is 8.32. The first-order chi connectivity index (χ1) is 10.3. The molecule has 1 aromatic heterocycles. The molecule has 2 fully saturated rings. The molecule has 3 nitrogen and oxygen atoms in total. The molecule has 1 amide bonds. The van der Waals surface area contributed by atoms with Crippen molar-refractivity contribution in [3.8, 4) is 0 Å². The monoisotopic (exact) mass is 285 g/mol. The topological polar surface area (TPSA) is 33.5 Å². The Hall–Kier alpha value is -1.51. The van der Waals surface area contributed by atoms with Gasteiger partial charge in [-0.3, -0.25) is 4.79 Å². The number of rotatable bonds is 4. The van der Waals surface area contributed by atoms with Gasteiger partial charge >= 0.3 is 0 Å². The Bertz CT molecular complexity index is 527. The van der Waals surface area contributed by atoms with E-state index in [2.05, 4.69) is 17.1 Å². The molecule has 0 saturated heterocycles.